The Morgan fingerprint density at radius 2 is 1.78 bits per heavy atom. The zero-order valence-electron chi connectivity index (χ0n) is 14.9. The molecule has 6 nitrogen and oxygen atoms in total. The number of esters is 1. The summed E-state index contributed by atoms with van der Waals surface area (Å²) < 4.78 is 16.6. The number of fused-ring (bicyclic) bond motifs is 1. The third-order valence-corrected chi connectivity index (χ3v) is 4.47. The monoisotopic (exact) mass is 367 g/mol. The van der Waals surface area contributed by atoms with Crippen molar-refractivity contribution < 1.29 is 23.8 Å². The van der Waals surface area contributed by atoms with Crippen molar-refractivity contribution in [3.8, 4) is 11.5 Å². The van der Waals surface area contributed by atoms with Crippen LogP contribution in [-0.2, 0) is 20.7 Å². The molecule has 2 aromatic carbocycles. The van der Waals surface area contributed by atoms with Gasteiger partial charge in [0.25, 0.3) is 5.91 Å². The second-order valence-electron chi connectivity index (χ2n) is 6.72. The van der Waals surface area contributed by atoms with Gasteiger partial charge in [-0.3, -0.25) is 9.59 Å². The lowest BCUT2D eigenvalue weighted by Crippen LogP contribution is -2.33. The van der Waals surface area contributed by atoms with E-state index >= 15 is 0 Å². The van der Waals surface area contributed by atoms with Gasteiger partial charge in [0, 0.05) is 11.6 Å². The van der Waals surface area contributed by atoms with Crippen LogP contribution < -0.4 is 14.8 Å². The second kappa shape index (κ2) is 7.70. The third-order valence-electron chi connectivity index (χ3n) is 4.47. The van der Waals surface area contributed by atoms with Gasteiger partial charge in [-0.05, 0) is 30.5 Å². The lowest BCUT2D eigenvalue weighted by molar-refractivity contribution is -0.156. The molecule has 1 aliphatic carbocycles. The quantitative estimate of drug-likeness (QED) is 0.795. The summed E-state index contributed by atoms with van der Waals surface area (Å²) in [4.78, 5) is 25.0. The molecule has 1 aliphatic heterocycles. The molecule has 1 saturated carbocycles. The average molecular weight is 367 g/mol. The minimum absolute atomic E-state index is 0.0523. The van der Waals surface area contributed by atoms with Gasteiger partial charge >= 0.3 is 5.97 Å². The van der Waals surface area contributed by atoms with Crippen molar-refractivity contribution in [1.82, 2.24) is 5.32 Å². The molecule has 2 aromatic rings. The zero-order valence-corrected chi connectivity index (χ0v) is 14.9. The normalized spacial score (nSPS) is 16.3. The van der Waals surface area contributed by atoms with E-state index in [0.717, 1.165) is 18.4 Å². The van der Waals surface area contributed by atoms with E-state index in [4.69, 9.17) is 14.2 Å². The summed E-state index contributed by atoms with van der Waals surface area (Å²) >= 11 is 0. The first-order valence-corrected chi connectivity index (χ1v) is 9.12. The minimum atomic E-state index is -0.948. The Kier molecular flexibility index (Phi) is 4.96. The molecule has 0 saturated heterocycles. The van der Waals surface area contributed by atoms with E-state index in [-0.39, 0.29) is 18.4 Å². The highest BCUT2D eigenvalue weighted by atomic mass is 16.6. The standard InChI is InChI=1S/C21H21NO5/c23-19(13-14-6-9-17-18(12-14)26-11-10-25-17)27-20(15-4-2-1-3-5-15)21(24)22-16-7-8-16/h1-6,9,12,16,20H,7-8,10-11,13H2,(H,22,24). The highest BCUT2D eigenvalue weighted by molar-refractivity contribution is 5.86. The Morgan fingerprint density at radius 1 is 1.04 bits per heavy atom. The maximum atomic E-state index is 12.5. The molecular weight excluding hydrogens is 346 g/mol. The van der Waals surface area contributed by atoms with Gasteiger partial charge in [0.2, 0.25) is 6.10 Å². The second-order valence-corrected chi connectivity index (χ2v) is 6.72. The van der Waals surface area contributed by atoms with Gasteiger partial charge < -0.3 is 19.5 Å². The summed E-state index contributed by atoms with van der Waals surface area (Å²) in [6.07, 6.45) is 1.05. The summed E-state index contributed by atoms with van der Waals surface area (Å²) in [6, 6.07) is 14.6. The first-order chi connectivity index (χ1) is 13.2. The van der Waals surface area contributed by atoms with E-state index in [2.05, 4.69) is 5.32 Å². The van der Waals surface area contributed by atoms with E-state index in [0.29, 0.717) is 30.3 Å². The Bertz CT molecular complexity index is 832. The summed E-state index contributed by atoms with van der Waals surface area (Å²) in [5, 5.41) is 2.91. The molecule has 0 radical (unpaired) electrons. The van der Waals surface area contributed by atoms with Crippen LogP contribution >= 0.6 is 0 Å². The van der Waals surface area contributed by atoms with Crippen molar-refractivity contribution in [2.45, 2.75) is 31.4 Å². The number of benzene rings is 2. The molecule has 1 fully saturated rings. The maximum Gasteiger partial charge on any atom is 0.311 e. The predicted molar refractivity (Wildman–Crippen MR) is 97.6 cm³/mol. The van der Waals surface area contributed by atoms with Crippen LogP contribution in [-0.4, -0.2) is 31.1 Å². The van der Waals surface area contributed by atoms with Gasteiger partial charge in [0.1, 0.15) is 13.2 Å². The summed E-state index contributed by atoms with van der Waals surface area (Å²) in [7, 11) is 0. The lowest BCUT2D eigenvalue weighted by atomic mass is 10.1. The number of hydrogen-bond donors (Lipinski definition) is 1. The van der Waals surface area contributed by atoms with E-state index in [1.807, 2.05) is 18.2 Å². The van der Waals surface area contributed by atoms with Crippen molar-refractivity contribution in [3.05, 3.63) is 59.7 Å². The van der Waals surface area contributed by atoms with Gasteiger partial charge in [0.05, 0.1) is 6.42 Å². The maximum absolute atomic E-state index is 12.5. The Morgan fingerprint density at radius 3 is 2.52 bits per heavy atom. The van der Waals surface area contributed by atoms with Crippen molar-refractivity contribution >= 4 is 11.9 Å². The largest absolute Gasteiger partial charge is 0.486 e. The van der Waals surface area contributed by atoms with Crippen LogP contribution in [0.4, 0.5) is 0 Å². The summed E-state index contributed by atoms with van der Waals surface area (Å²) in [5.74, 6) is 0.549. The summed E-state index contributed by atoms with van der Waals surface area (Å²) in [6.45, 7) is 1.00. The molecule has 0 bridgehead atoms. The van der Waals surface area contributed by atoms with Crippen molar-refractivity contribution in [1.29, 1.82) is 0 Å². The van der Waals surface area contributed by atoms with Crippen LogP contribution in [0, 0.1) is 0 Å². The average Bonchev–Trinajstić information content (AvgIpc) is 3.50. The van der Waals surface area contributed by atoms with Gasteiger partial charge in [-0.1, -0.05) is 36.4 Å². The number of amides is 1. The van der Waals surface area contributed by atoms with Crippen LogP contribution in [0.1, 0.15) is 30.1 Å². The number of carbonyl (C=O) groups is 2. The Balaban J connectivity index is 1.45. The topological polar surface area (TPSA) is 73.9 Å². The number of hydrogen-bond acceptors (Lipinski definition) is 5. The number of carbonyl (C=O) groups excluding carboxylic acids is 2. The molecule has 1 amide bonds. The molecule has 1 N–H and O–H groups in total. The number of ether oxygens (including phenoxy) is 3. The predicted octanol–water partition coefficient (Wildman–Crippen LogP) is 2.56. The van der Waals surface area contributed by atoms with Crippen LogP contribution in [0.2, 0.25) is 0 Å². The van der Waals surface area contributed by atoms with Gasteiger partial charge in [-0.2, -0.15) is 0 Å². The summed E-state index contributed by atoms with van der Waals surface area (Å²) in [5.41, 5.74) is 1.41. The fourth-order valence-corrected chi connectivity index (χ4v) is 2.94. The van der Waals surface area contributed by atoms with E-state index < -0.39 is 12.1 Å². The van der Waals surface area contributed by atoms with E-state index in [1.54, 1.807) is 30.3 Å². The van der Waals surface area contributed by atoms with Crippen LogP contribution in [0.15, 0.2) is 48.5 Å². The van der Waals surface area contributed by atoms with Crippen molar-refractivity contribution in [2.24, 2.45) is 0 Å². The molecule has 140 valence electrons. The molecule has 1 atom stereocenters. The molecule has 27 heavy (non-hydrogen) atoms. The molecule has 0 aromatic heterocycles. The van der Waals surface area contributed by atoms with E-state index in [1.165, 1.54) is 0 Å². The Hall–Kier alpha value is -3.02. The molecule has 1 unspecified atom stereocenters. The molecule has 4 rings (SSSR count). The number of rotatable bonds is 6. The van der Waals surface area contributed by atoms with Gasteiger partial charge in [-0.25, -0.2) is 0 Å². The highest BCUT2D eigenvalue weighted by Gasteiger charge is 2.30. The van der Waals surface area contributed by atoms with Gasteiger partial charge in [-0.15, -0.1) is 0 Å². The van der Waals surface area contributed by atoms with E-state index in [9.17, 15) is 9.59 Å². The highest BCUT2D eigenvalue weighted by Crippen LogP contribution is 2.31. The van der Waals surface area contributed by atoms with Crippen LogP contribution in [0.3, 0.4) is 0 Å². The van der Waals surface area contributed by atoms with Crippen LogP contribution in [0.25, 0.3) is 0 Å². The van der Waals surface area contributed by atoms with Gasteiger partial charge in [0.15, 0.2) is 11.5 Å². The molecule has 2 aliphatic rings. The van der Waals surface area contributed by atoms with Crippen LogP contribution in [0.5, 0.6) is 11.5 Å². The van der Waals surface area contributed by atoms with Crippen molar-refractivity contribution in [2.75, 3.05) is 13.2 Å². The first kappa shape index (κ1) is 17.4. The first-order valence-electron chi connectivity index (χ1n) is 9.12. The third kappa shape index (κ3) is 4.39. The smallest absolute Gasteiger partial charge is 0.311 e. The number of nitrogens with one attached hydrogen (secondary N) is 1. The lowest BCUT2D eigenvalue weighted by Gasteiger charge is -2.20. The SMILES string of the molecule is O=C(Cc1ccc2c(c1)OCCO2)OC(C(=O)NC1CC1)c1ccccc1. The fourth-order valence-electron chi connectivity index (χ4n) is 2.94. The molecular formula is C21H21NO5. The minimum Gasteiger partial charge on any atom is -0.486 e. The Labute approximate surface area is 157 Å². The molecule has 0 spiro atoms. The molecule has 1 heterocycles. The fraction of sp³-hybridized carbons (Fsp3) is 0.333. The molecule has 6 heteroatoms. The zero-order chi connectivity index (χ0) is 18.6. The van der Waals surface area contributed by atoms with Crippen molar-refractivity contribution in [3.63, 3.8) is 0 Å².